The van der Waals surface area contributed by atoms with E-state index in [0.717, 1.165) is 32.5 Å². The molecule has 0 radical (unpaired) electrons. The lowest BCUT2D eigenvalue weighted by atomic mass is 10.1. The van der Waals surface area contributed by atoms with Crippen molar-refractivity contribution in [1.29, 1.82) is 0 Å². The average molecular weight is 226 g/mol. The van der Waals surface area contributed by atoms with Crippen LogP contribution < -0.4 is 5.73 Å². The summed E-state index contributed by atoms with van der Waals surface area (Å²) in [6.45, 7) is 3.51. The van der Waals surface area contributed by atoms with Gasteiger partial charge in [0.15, 0.2) is 0 Å². The molecule has 2 rings (SSSR count). The molecule has 1 aliphatic rings. The van der Waals surface area contributed by atoms with Crippen LogP contribution in [0.25, 0.3) is 0 Å². The zero-order valence-corrected chi connectivity index (χ0v) is 9.67. The maximum absolute atomic E-state index is 9.55. The van der Waals surface area contributed by atoms with Crippen molar-refractivity contribution in [2.45, 2.75) is 32.0 Å². The summed E-state index contributed by atoms with van der Waals surface area (Å²) in [5.74, 6) is 0. The predicted molar refractivity (Wildman–Crippen MR) is 62.7 cm³/mol. The van der Waals surface area contributed by atoms with Crippen molar-refractivity contribution < 1.29 is 5.11 Å². The zero-order valence-electron chi connectivity index (χ0n) is 8.85. The fourth-order valence-corrected chi connectivity index (χ4v) is 2.95. The Bertz CT molecular complexity index is 313. The smallest absolute Gasteiger partial charge is 0.0667 e. The van der Waals surface area contributed by atoms with Crippen LogP contribution in [0.3, 0.4) is 0 Å². The Kier molecular flexibility index (Phi) is 3.75. The first-order chi connectivity index (χ1) is 7.28. The Balaban J connectivity index is 1.90. The van der Waals surface area contributed by atoms with Gasteiger partial charge in [0.25, 0.3) is 0 Å². The third kappa shape index (κ3) is 3.01. The molecule has 1 saturated heterocycles. The third-order valence-corrected chi connectivity index (χ3v) is 3.87. The molecular weight excluding hydrogens is 208 g/mol. The molecule has 0 amide bonds. The van der Waals surface area contributed by atoms with E-state index in [1.54, 1.807) is 11.3 Å². The summed E-state index contributed by atoms with van der Waals surface area (Å²) >= 11 is 1.78. The molecule has 4 heteroatoms. The van der Waals surface area contributed by atoms with Crippen LogP contribution in [0.2, 0.25) is 0 Å². The second-order valence-electron chi connectivity index (χ2n) is 4.10. The van der Waals surface area contributed by atoms with Crippen LogP contribution in [0.4, 0.5) is 0 Å². The summed E-state index contributed by atoms with van der Waals surface area (Å²) in [4.78, 5) is 4.91. The molecule has 0 spiro atoms. The number of aliphatic hydroxyl groups is 1. The first-order valence-corrected chi connectivity index (χ1v) is 6.27. The highest BCUT2D eigenvalue weighted by Crippen LogP contribution is 2.20. The second kappa shape index (κ2) is 5.07. The SMILES string of the molecule is NCc1ccc(CN2CCC[C@@H](O)C2)s1. The molecule has 1 atom stereocenters. The van der Waals surface area contributed by atoms with Gasteiger partial charge < -0.3 is 10.8 Å². The van der Waals surface area contributed by atoms with Gasteiger partial charge >= 0.3 is 0 Å². The quantitative estimate of drug-likeness (QED) is 0.813. The summed E-state index contributed by atoms with van der Waals surface area (Å²) in [6, 6.07) is 4.24. The van der Waals surface area contributed by atoms with E-state index in [1.165, 1.54) is 9.75 Å². The molecule has 0 unspecified atom stereocenters. The number of hydrogen-bond donors (Lipinski definition) is 2. The van der Waals surface area contributed by atoms with Crippen LogP contribution in [0.15, 0.2) is 12.1 Å². The molecule has 15 heavy (non-hydrogen) atoms. The van der Waals surface area contributed by atoms with E-state index in [-0.39, 0.29) is 6.10 Å². The third-order valence-electron chi connectivity index (χ3n) is 2.78. The van der Waals surface area contributed by atoms with E-state index in [1.807, 2.05) is 0 Å². The van der Waals surface area contributed by atoms with Gasteiger partial charge in [-0.1, -0.05) is 0 Å². The fraction of sp³-hybridized carbons (Fsp3) is 0.636. The van der Waals surface area contributed by atoms with Crippen LogP contribution in [-0.2, 0) is 13.1 Å². The second-order valence-corrected chi connectivity index (χ2v) is 5.36. The minimum Gasteiger partial charge on any atom is -0.392 e. The lowest BCUT2D eigenvalue weighted by Crippen LogP contribution is -2.37. The Labute approximate surface area is 94.5 Å². The lowest BCUT2D eigenvalue weighted by Gasteiger charge is -2.29. The summed E-state index contributed by atoms with van der Waals surface area (Å²) < 4.78 is 0. The predicted octanol–water partition coefficient (Wildman–Crippen LogP) is 1.16. The monoisotopic (exact) mass is 226 g/mol. The highest BCUT2D eigenvalue weighted by atomic mass is 32.1. The van der Waals surface area contributed by atoms with Crippen LogP contribution >= 0.6 is 11.3 Å². The molecule has 1 fully saturated rings. The van der Waals surface area contributed by atoms with E-state index < -0.39 is 0 Å². The van der Waals surface area contributed by atoms with E-state index in [0.29, 0.717) is 6.54 Å². The number of nitrogens with two attached hydrogens (primary N) is 1. The Hall–Kier alpha value is -0.420. The van der Waals surface area contributed by atoms with Gasteiger partial charge in [0, 0.05) is 29.4 Å². The fourth-order valence-electron chi connectivity index (χ4n) is 2.01. The van der Waals surface area contributed by atoms with Crippen LogP contribution in [0.5, 0.6) is 0 Å². The first-order valence-electron chi connectivity index (χ1n) is 5.46. The molecule has 0 bridgehead atoms. The van der Waals surface area contributed by atoms with Gasteiger partial charge in [-0.3, -0.25) is 4.90 Å². The van der Waals surface area contributed by atoms with Crippen molar-refractivity contribution in [3.8, 4) is 0 Å². The van der Waals surface area contributed by atoms with Gasteiger partial charge in [-0.15, -0.1) is 11.3 Å². The Morgan fingerprint density at radius 3 is 2.93 bits per heavy atom. The Morgan fingerprint density at radius 2 is 2.27 bits per heavy atom. The lowest BCUT2D eigenvalue weighted by molar-refractivity contribution is 0.0673. The van der Waals surface area contributed by atoms with E-state index in [4.69, 9.17) is 5.73 Å². The number of rotatable bonds is 3. The van der Waals surface area contributed by atoms with Crippen molar-refractivity contribution >= 4 is 11.3 Å². The van der Waals surface area contributed by atoms with E-state index >= 15 is 0 Å². The number of piperidine rings is 1. The standard InChI is InChI=1S/C11H18N2OS/c12-6-10-3-4-11(15-10)8-13-5-1-2-9(14)7-13/h3-4,9,14H,1-2,5-8,12H2/t9-/m1/s1. The molecule has 0 aliphatic carbocycles. The van der Waals surface area contributed by atoms with E-state index in [9.17, 15) is 5.11 Å². The van der Waals surface area contributed by atoms with Crippen molar-refractivity contribution in [2.24, 2.45) is 5.73 Å². The highest BCUT2D eigenvalue weighted by Gasteiger charge is 2.17. The van der Waals surface area contributed by atoms with Gasteiger partial charge in [-0.2, -0.15) is 0 Å². The van der Waals surface area contributed by atoms with Crippen molar-refractivity contribution in [3.05, 3.63) is 21.9 Å². The molecule has 3 nitrogen and oxygen atoms in total. The number of nitrogens with zero attached hydrogens (tertiary/aromatic N) is 1. The summed E-state index contributed by atoms with van der Waals surface area (Å²) in [7, 11) is 0. The summed E-state index contributed by atoms with van der Waals surface area (Å²) in [5, 5.41) is 9.55. The molecule has 84 valence electrons. The van der Waals surface area contributed by atoms with Gasteiger partial charge in [0.05, 0.1) is 6.10 Å². The zero-order chi connectivity index (χ0) is 10.7. The molecule has 3 N–H and O–H groups in total. The van der Waals surface area contributed by atoms with Gasteiger partial charge in [-0.05, 0) is 31.5 Å². The van der Waals surface area contributed by atoms with Gasteiger partial charge in [0.1, 0.15) is 0 Å². The minimum atomic E-state index is -0.132. The number of hydrogen-bond acceptors (Lipinski definition) is 4. The minimum absolute atomic E-state index is 0.132. The van der Waals surface area contributed by atoms with Gasteiger partial charge in [0.2, 0.25) is 0 Å². The Morgan fingerprint density at radius 1 is 1.47 bits per heavy atom. The topological polar surface area (TPSA) is 49.5 Å². The van der Waals surface area contributed by atoms with Crippen LogP contribution in [0.1, 0.15) is 22.6 Å². The van der Waals surface area contributed by atoms with Crippen molar-refractivity contribution in [3.63, 3.8) is 0 Å². The molecule has 1 aromatic heterocycles. The van der Waals surface area contributed by atoms with Crippen molar-refractivity contribution in [2.75, 3.05) is 13.1 Å². The molecule has 1 aromatic rings. The number of aliphatic hydroxyl groups excluding tert-OH is 1. The summed E-state index contributed by atoms with van der Waals surface area (Å²) in [6.07, 6.45) is 1.93. The molecular formula is C11H18N2OS. The average Bonchev–Trinajstić information content (AvgIpc) is 2.65. The number of likely N-dealkylation sites (tertiary alicyclic amines) is 1. The highest BCUT2D eigenvalue weighted by molar-refractivity contribution is 7.11. The van der Waals surface area contributed by atoms with Crippen molar-refractivity contribution in [1.82, 2.24) is 4.90 Å². The molecule has 2 heterocycles. The maximum atomic E-state index is 9.55. The normalized spacial score (nSPS) is 23.2. The number of thiophene rings is 1. The van der Waals surface area contributed by atoms with E-state index in [2.05, 4.69) is 17.0 Å². The first kappa shape index (κ1) is 11.1. The summed E-state index contributed by atoms with van der Waals surface area (Å²) in [5.41, 5.74) is 5.58. The maximum Gasteiger partial charge on any atom is 0.0667 e. The molecule has 1 aliphatic heterocycles. The van der Waals surface area contributed by atoms with Crippen LogP contribution in [0, 0.1) is 0 Å². The van der Waals surface area contributed by atoms with Crippen LogP contribution in [-0.4, -0.2) is 29.2 Å². The number of β-amino-alcohol motifs (C(OH)–C–C–N with tert-alkyl or cyclic N) is 1. The largest absolute Gasteiger partial charge is 0.392 e. The molecule has 0 aromatic carbocycles. The van der Waals surface area contributed by atoms with Gasteiger partial charge in [-0.25, -0.2) is 0 Å². The molecule has 0 saturated carbocycles.